The summed E-state index contributed by atoms with van der Waals surface area (Å²) >= 11 is 1.37. The molecule has 1 heterocycles. The van der Waals surface area contributed by atoms with Crippen molar-refractivity contribution in [1.29, 1.82) is 0 Å². The zero-order chi connectivity index (χ0) is 16.8. The maximum atomic E-state index is 14.0. The van der Waals surface area contributed by atoms with Gasteiger partial charge in [0.15, 0.2) is 0 Å². The summed E-state index contributed by atoms with van der Waals surface area (Å²) in [4.78, 5) is 16.5. The van der Waals surface area contributed by atoms with Crippen LogP contribution in [0.25, 0.3) is 0 Å². The molecular formula is C16H20ClF2N3OS. The number of nitrogens with one attached hydrogen (secondary N) is 1. The van der Waals surface area contributed by atoms with Gasteiger partial charge in [0, 0.05) is 23.4 Å². The lowest BCUT2D eigenvalue weighted by molar-refractivity contribution is 0.0929. The second-order valence-electron chi connectivity index (χ2n) is 5.15. The lowest BCUT2D eigenvalue weighted by Gasteiger charge is -2.18. The van der Waals surface area contributed by atoms with Crippen molar-refractivity contribution in [2.24, 2.45) is 5.73 Å². The fourth-order valence-electron chi connectivity index (χ4n) is 2.26. The van der Waals surface area contributed by atoms with Crippen molar-refractivity contribution in [2.75, 3.05) is 6.54 Å². The number of benzene rings is 1. The average Bonchev–Trinajstić information content (AvgIpc) is 2.96. The Labute approximate surface area is 149 Å². The zero-order valence-electron chi connectivity index (χ0n) is 13.2. The summed E-state index contributed by atoms with van der Waals surface area (Å²) in [5.74, 6) is -1.67. The van der Waals surface area contributed by atoms with Crippen LogP contribution in [0.4, 0.5) is 8.78 Å². The first-order chi connectivity index (χ1) is 11.0. The molecule has 0 radical (unpaired) electrons. The smallest absolute Gasteiger partial charge is 0.271 e. The number of nitrogens with two attached hydrogens (primary N) is 1. The molecule has 0 saturated heterocycles. The number of hydrogen-bond donors (Lipinski definition) is 2. The normalized spacial score (nSPS) is 11.7. The second kappa shape index (κ2) is 9.66. The molecule has 0 saturated carbocycles. The summed E-state index contributed by atoms with van der Waals surface area (Å²) in [6.07, 6.45) is 1.91. The van der Waals surface area contributed by atoms with Gasteiger partial charge >= 0.3 is 0 Å². The van der Waals surface area contributed by atoms with Crippen LogP contribution in [0.5, 0.6) is 0 Å². The molecule has 132 valence electrons. The maximum Gasteiger partial charge on any atom is 0.271 e. The monoisotopic (exact) mass is 375 g/mol. The number of hydrogen-bond acceptors (Lipinski definition) is 4. The van der Waals surface area contributed by atoms with Gasteiger partial charge in [-0.05, 0) is 19.0 Å². The van der Waals surface area contributed by atoms with Gasteiger partial charge in [0.1, 0.15) is 17.3 Å². The number of rotatable bonds is 7. The van der Waals surface area contributed by atoms with Crippen molar-refractivity contribution in [1.82, 2.24) is 10.3 Å². The molecule has 2 rings (SSSR count). The number of thiazole rings is 1. The van der Waals surface area contributed by atoms with Crippen LogP contribution in [0.3, 0.4) is 0 Å². The van der Waals surface area contributed by atoms with E-state index in [1.165, 1.54) is 23.5 Å². The first kappa shape index (κ1) is 20.5. The third-order valence-corrected chi connectivity index (χ3v) is 4.27. The molecule has 24 heavy (non-hydrogen) atoms. The van der Waals surface area contributed by atoms with Crippen molar-refractivity contribution in [3.63, 3.8) is 0 Å². The Morgan fingerprint density at radius 3 is 2.79 bits per heavy atom. The number of carbonyl (C=O) groups is 1. The molecule has 0 bridgehead atoms. The van der Waals surface area contributed by atoms with Crippen LogP contribution in [-0.4, -0.2) is 17.4 Å². The van der Waals surface area contributed by atoms with Gasteiger partial charge in [-0.25, -0.2) is 13.8 Å². The Bertz CT molecular complexity index is 681. The van der Waals surface area contributed by atoms with Crippen LogP contribution in [-0.2, 0) is 6.42 Å². The highest BCUT2D eigenvalue weighted by Gasteiger charge is 2.20. The summed E-state index contributed by atoms with van der Waals surface area (Å²) in [6, 6.07) is 2.86. The number of nitrogens with zero attached hydrogens (tertiary/aromatic N) is 1. The van der Waals surface area contributed by atoms with E-state index >= 15 is 0 Å². The fourth-order valence-corrected chi connectivity index (χ4v) is 3.06. The Morgan fingerprint density at radius 2 is 2.17 bits per heavy atom. The highest BCUT2D eigenvalue weighted by Crippen LogP contribution is 2.23. The van der Waals surface area contributed by atoms with Gasteiger partial charge in [-0.15, -0.1) is 23.7 Å². The maximum absolute atomic E-state index is 14.0. The number of carbonyl (C=O) groups excluding carboxylic acids is 1. The van der Waals surface area contributed by atoms with Crippen molar-refractivity contribution in [3.05, 3.63) is 51.5 Å². The van der Waals surface area contributed by atoms with Gasteiger partial charge in [0.2, 0.25) is 0 Å². The van der Waals surface area contributed by atoms with Gasteiger partial charge in [0.25, 0.3) is 5.91 Å². The topological polar surface area (TPSA) is 68.0 Å². The summed E-state index contributed by atoms with van der Waals surface area (Å²) in [5.41, 5.74) is 6.04. The number of amides is 1. The third-order valence-electron chi connectivity index (χ3n) is 3.36. The molecule has 1 atom stereocenters. The van der Waals surface area contributed by atoms with Crippen molar-refractivity contribution >= 4 is 29.7 Å². The van der Waals surface area contributed by atoms with E-state index in [0.29, 0.717) is 25.1 Å². The predicted molar refractivity (Wildman–Crippen MR) is 93.6 cm³/mol. The highest BCUT2D eigenvalue weighted by atomic mass is 35.5. The quantitative estimate of drug-likeness (QED) is 0.776. The van der Waals surface area contributed by atoms with Gasteiger partial charge < -0.3 is 11.1 Å². The third kappa shape index (κ3) is 5.22. The van der Waals surface area contributed by atoms with E-state index in [-0.39, 0.29) is 23.9 Å². The first-order valence-corrected chi connectivity index (χ1v) is 8.33. The van der Waals surface area contributed by atoms with E-state index in [4.69, 9.17) is 5.73 Å². The Hall–Kier alpha value is -1.57. The average molecular weight is 376 g/mol. The van der Waals surface area contributed by atoms with E-state index in [9.17, 15) is 13.6 Å². The van der Waals surface area contributed by atoms with Crippen LogP contribution >= 0.6 is 23.7 Å². The second-order valence-corrected chi connectivity index (χ2v) is 6.09. The lowest BCUT2D eigenvalue weighted by Crippen LogP contribution is -2.29. The summed E-state index contributed by atoms with van der Waals surface area (Å²) < 4.78 is 27.0. The van der Waals surface area contributed by atoms with E-state index in [2.05, 4.69) is 10.3 Å². The minimum absolute atomic E-state index is 0. The number of aromatic nitrogens is 1. The van der Waals surface area contributed by atoms with Crippen molar-refractivity contribution in [2.45, 2.75) is 32.2 Å². The molecule has 4 nitrogen and oxygen atoms in total. The number of halogens is 3. The first-order valence-electron chi connectivity index (χ1n) is 7.45. The van der Waals surface area contributed by atoms with Crippen LogP contribution in [0.2, 0.25) is 0 Å². The predicted octanol–water partition coefficient (Wildman–Crippen LogP) is 3.62. The van der Waals surface area contributed by atoms with Crippen LogP contribution in [0, 0.1) is 11.6 Å². The minimum atomic E-state index is -0.661. The Balaban J connectivity index is 0.00000288. The van der Waals surface area contributed by atoms with Gasteiger partial charge in [0.05, 0.1) is 11.0 Å². The molecule has 1 amide bonds. The van der Waals surface area contributed by atoms with Crippen molar-refractivity contribution in [3.8, 4) is 0 Å². The molecule has 0 aliphatic carbocycles. The van der Waals surface area contributed by atoms with Crippen LogP contribution in [0.15, 0.2) is 23.6 Å². The Kier molecular flexibility index (Phi) is 8.24. The standard InChI is InChI=1S/C16H19F2N3OS.ClH/c1-2-3-13(11-5-4-10(17)8-12(11)18)21-16(22)14-9-23-15(20-14)6-7-19;/h4-5,8-9,13H,2-3,6-7,19H2,1H3,(H,21,22);1H. The van der Waals surface area contributed by atoms with Crippen LogP contribution < -0.4 is 11.1 Å². The molecule has 0 spiro atoms. The minimum Gasteiger partial charge on any atom is -0.344 e. The molecule has 0 fully saturated rings. The highest BCUT2D eigenvalue weighted by molar-refractivity contribution is 7.09. The molecule has 2 aromatic rings. The molecule has 8 heteroatoms. The van der Waals surface area contributed by atoms with Crippen LogP contribution in [0.1, 0.15) is 46.9 Å². The summed E-state index contributed by atoms with van der Waals surface area (Å²) in [6.45, 7) is 2.40. The van der Waals surface area contributed by atoms with E-state index < -0.39 is 17.7 Å². The molecule has 0 aliphatic rings. The summed E-state index contributed by atoms with van der Waals surface area (Å²) in [7, 11) is 0. The van der Waals surface area contributed by atoms with Crippen molar-refractivity contribution < 1.29 is 13.6 Å². The Morgan fingerprint density at radius 1 is 1.42 bits per heavy atom. The largest absolute Gasteiger partial charge is 0.344 e. The van der Waals surface area contributed by atoms with Gasteiger partial charge in [-0.3, -0.25) is 4.79 Å². The zero-order valence-corrected chi connectivity index (χ0v) is 14.9. The van der Waals surface area contributed by atoms with E-state index in [1.54, 1.807) is 5.38 Å². The lowest BCUT2D eigenvalue weighted by atomic mass is 10.0. The molecule has 1 unspecified atom stereocenters. The molecular weight excluding hydrogens is 356 g/mol. The van der Waals surface area contributed by atoms with E-state index in [0.717, 1.165) is 17.5 Å². The van der Waals surface area contributed by atoms with E-state index in [1.807, 2.05) is 6.92 Å². The molecule has 3 N–H and O–H groups in total. The summed E-state index contributed by atoms with van der Waals surface area (Å²) in [5, 5.41) is 5.22. The SMILES string of the molecule is CCCC(NC(=O)c1csc(CCN)n1)c1ccc(F)cc1F.Cl. The fraction of sp³-hybridized carbons (Fsp3) is 0.375. The molecule has 0 aliphatic heterocycles. The molecule has 1 aromatic carbocycles. The van der Waals surface area contributed by atoms with Gasteiger partial charge in [-0.2, -0.15) is 0 Å². The van der Waals surface area contributed by atoms with Gasteiger partial charge in [-0.1, -0.05) is 19.4 Å². The molecule has 1 aromatic heterocycles.